The highest BCUT2D eigenvalue weighted by Crippen LogP contribution is 2.30. The lowest BCUT2D eigenvalue weighted by molar-refractivity contribution is 0.413. The molecule has 35 heavy (non-hydrogen) atoms. The zero-order valence-electron chi connectivity index (χ0n) is 20.4. The molecule has 182 valence electrons. The van der Waals surface area contributed by atoms with Gasteiger partial charge in [0, 0.05) is 58.8 Å². The standard InChI is InChI=1S/C25H29N7O2S/c1-17-12-21(19-8-10-31(11-9-19)35(4,5)33)24-28-25(29-32(24)14-17)27-20-6-7-22(23(13-20)34-3)30-15-18(2)26-16-30/h6-8,12-16H,4,9-11H2,1-3,5H3,(H,27,29). The molecule has 1 atom stereocenters. The minimum Gasteiger partial charge on any atom is -0.494 e. The van der Waals surface area contributed by atoms with E-state index >= 15 is 0 Å². The zero-order valence-corrected chi connectivity index (χ0v) is 21.2. The van der Waals surface area contributed by atoms with Crippen LogP contribution in [0, 0.1) is 13.8 Å². The van der Waals surface area contributed by atoms with Gasteiger partial charge in [0.15, 0.2) is 5.65 Å². The van der Waals surface area contributed by atoms with Crippen molar-refractivity contribution >= 4 is 38.4 Å². The number of rotatable bonds is 6. The number of aryl methyl sites for hydroxylation is 2. The van der Waals surface area contributed by atoms with Gasteiger partial charge in [0.25, 0.3) is 0 Å². The van der Waals surface area contributed by atoms with E-state index in [1.807, 2.05) is 57.8 Å². The lowest BCUT2D eigenvalue weighted by atomic mass is 10.0. The van der Waals surface area contributed by atoms with Crippen LogP contribution in [0.1, 0.15) is 23.2 Å². The third-order valence-electron chi connectivity index (χ3n) is 6.06. The van der Waals surface area contributed by atoms with E-state index in [0.717, 1.165) is 40.3 Å². The quantitative estimate of drug-likeness (QED) is 0.414. The number of methoxy groups -OCH3 is 1. The summed E-state index contributed by atoms with van der Waals surface area (Å²) < 4.78 is 23.6. The van der Waals surface area contributed by atoms with Crippen molar-refractivity contribution in [2.24, 2.45) is 0 Å². The van der Waals surface area contributed by atoms with Gasteiger partial charge in [-0.2, -0.15) is 4.98 Å². The van der Waals surface area contributed by atoms with Crippen LogP contribution in [0.3, 0.4) is 0 Å². The number of aromatic nitrogens is 5. The third kappa shape index (κ3) is 4.67. The van der Waals surface area contributed by atoms with Crippen LogP contribution in [-0.2, 0) is 9.71 Å². The van der Waals surface area contributed by atoms with Gasteiger partial charge in [-0.1, -0.05) is 6.08 Å². The number of pyridine rings is 1. The van der Waals surface area contributed by atoms with Gasteiger partial charge in [0.05, 0.1) is 24.8 Å². The number of ether oxygens (including phenoxy) is 1. The molecule has 0 bridgehead atoms. The lowest BCUT2D eigenvalue weighted by Crippen LogP contribution is -2.33. The van der Waals surface area contributed by atoms with E-state index in [1.54, 1.807) is 19.7 Å². The first-order valence-electron chi connectivity index (χ1n) is 11.3. The van der Waals surface area contributed by atoms with Gasteiger partial charge in [-0.05, 0) is 55.5 Å². The maximum absolute atomic E-state index is 12.3. The Morgan fingerprint density at radius 1 is 1.20 bits per heavy atom. The Bertz CT molecular complexity index is 1550. The monoisotopic (exact) mass is 491 g/mol. The number of fused-ring (bicyclic) bond motifs is 1. The minimum absolute atomic E-state index is 0.498. The molecule has 3 aromatic heterocycles. The van der Waals surface area contributed by atoms with Crippen LogP contribution in [0.15, 0.2) is 49.1 Å². The van der Waals surface area contributed by atoms with Crippen LogP contribution in [0.2, 0.25) is 0 Å². The number of benzene rings is 1. The summed E-state index contributed by atoms with van der Waals surface area (Å²) in [5.74, 6) is 5.02. The molecule has 1 aliphatic heterocycles. The van der Waals surface area contributed by atoms with Crippen LogP contribution in [0.5, 0.6) is 5.75 Å². The largest absolute Gasteiger partial charge is 0.494 e. The summed E-state index contributed by atoms with van der Waals surface area (Å²) in [5.41, 5.74) is 6.74. The van der Waals surface area contributed by atoms with Crippen molar-refractivity contribution in [3.63, 3.8) is 0 Å². The maximum atomic E-state index is 12.3. The molecular weight excluding hydrogens is 462 g/mol. The molecule has 0 spiro atoms. The van der Waals surface area contributed by atoms with E-state index in [4.69, 9.17) is 9.72 Å². The first kappa shape index (κ1) is 23.1. The highest BCUT2D eigenvalue weighted by atomic mass is 32.2. The van der Waals surface area contributed by atoms with Crippen LogP contribution >= 0.6 is 0 Å². The average Bonchev–Trinajstić information content (AvgIpc) is 3.43. The van der Waals surface area contributed by atoms with Crippen LogP contribution in [-0.4, -0.2) is 65.0 Å². The second kappa shape index (κ2) is 8.86. The van der Waals surface area contributed by atoms with Gasteiger partial charge in [0.1, 0.15) is 5.75 Å². The zero-order chi connectivity index (χ0) is 24.7. The van der Waals surface area contributed by atoms with E-state index < -0.39 is 9.71 Å². The Morgan fingerprint density at radius 3 is 2.69 bits per heavy atom. The first-order valence-corrected chi connectivity index (χ1v) is 13.4. The predicted molar refractivity (Wildman–Crippen MR) is 141 cm³/mol. The van der Waals surface area contributed by atoms with Crippen molar-refractivity contribution < 1.29 is 8.95 Å². The van der Waals surface area contributed by atoms with E-state index in [9.17, 15) is 4.21 Å². The Morgan fingerprint density at radius 2 is 2.03 bits per heavy atom. The van der Waals surface area contributed by atoms with Gasteiger partial charge in [-0.15, -0.1) is 5.10 Å². The number of hydrogen-bond acceptors (Lipinski definition) is 6. The molecule has 0 amide bonds. The second-order valence-electron chi connectivity index (χ2n) is 8.90. The van der Waals surface area contributed by atoms with Crippen LogP contribution in [0.4, 0.5) is 11.6 Å². The Balaban J connectivity index is 1.45. The summed E-state index contributed by atoms with van der Waals surface area (Å²) in [5, 5.41) is 7.97. The lowest BCUT2D eigenvalue weighted by Gasteiger charge is -2.27. The van der Waals surface area contributed by atoms with E-state index in [0.29, 0.717) is 24.8 Å². The van der Waals surface area contributed by atoms with E-state index in [-0.39, 0.29) is 0 Å². The highest BCUT2D eigenvalue weighted by molar-refractivity contribution is 7.97. The van der Waals surface area contributed by atoms with Crippen molar-refractivity contribution in [1.29, 1.82) is 0 Å². The molecule has 1 aliphatic rings. The normalized spacial score (nSPS) is 16.2. The number of hydrogen-bond donors (Lipinski definition) is 1. The van der Waals surface area contributed by atoms with E-state index in [2.05, 4.69) is 33.4 Å². The molecule has 10 heteroatoms. The fraction of sp³-hybridized carbons (Fsp3) is 0.280. The summed E-state index contributed by atoms with van der Waals surface area (Å²) in [6.07, 6.45) is 10.3. The molecule has 0 aliphatic carbocycles. The van der Waals surface area contributed by atoms with Gasteiger partial charge >= 0.3 is 0 Å². The van der Waals surface area contributed by atoms with Gasteiger partial charge < -0.3 is 14.6 Å². The predicted octanol–water partition coefficient (Wildman–Crippen LogP) is 3.63. The third-order valence-corrected chi connectivity index (χ3v) is 7.48. The number of nitrogens with zero attached hydrogens (tertiary/aromatic N) is 6. The fourth-order valence-corrected chi connectivity index (χ4v) is 5.17. The molecule has 0 saturated carbocycles. The van der Waals surface area contributed by atoms with E-state index in [1.165, 1.54) is 5.57 Å². The van der Waals surface area contributed by atoms with Gasteiger partial charge in [0.2, 0.25) is 5.95 Å². The molecule has 0 radical (unpaired) electrons. The Kier molecular flexibility index (Phi) is 5.86. The Hall–Kier alpha value is -3.63. The maximum Gasteiger partial charge on any atom is 0.247 e. The topological polar surface area (TPSA) is 89.6 Å². The average molecular weight is 492 g/mol. The highest BCUT2D eigenvalue weighted by Gasteiger charge is 2.20. The van der Waals surface area contributed by atoms with Crippen molar-refractivity contribution in [3.05, 3.63) is 65.9 Å². The molecule has 0 saturated heterocycles. The molecule has 1 N–H and O–H groups in total. The van der Waals surface area contributed by atoms with Crippen LogP contribution < -0.4 is 10.1 Å². The molecule has 4 heterocycles. The molecular formula is C25H29N7O2S. The minimum atomic E-state index is -2.21. The van der Waals surface area contributed by atoms with Gasteiger partial charge in [-0.25, -0.2) is 13.8 Å². The van der Waals surface area contributed by atoms with Gasteiger partial charge in [-0.3, -0.25) is 4.21 Å². The summed E-state index contributed by atoms with van der Waals surface area (Å²) in [4.78, 5) is 9.09. The molecule has 0 fully saturated rings. The SMILES string of the molecule is C=S(C)(=O)N1CC=C(c2cc(C)cn3nc(Nc4ccc(-n5cnc(C)c5)c(OC)c4)nc23)CC1. The summed E-state index contributed by atoms with van der Waals surface area (Å²) in [6, 6.07) is 7.99. The summed E-state index contributed by atoms with van der Waals surface area (Å²) >= 11 is 0. The van der Waals surface area contributed by atoms with Crippen LogP contribution in [0.25, 0.3) is 16.9 Å². The molecule has 9 nitrogen and oxygen atoms in total. The molecule has 1 aromatic carbocycles. The summed E-state index contributed by atoms with van der Waals surface area (Å²) in [7, 11) is -0.560. The fourth-order valence-electron chi connectivity index (χ4n) is 4.31. The van der Waals surface area contributed by atoms with Crippen molar-refractivity contribution in [3.8, 4) is 11.4 Å². The number of imidazole rings is 1. The Labute approximate surface area is 205 Å². The second-order valence-corrected chi connectivity index (χ2v) is 11.3. The number of anilines is 2. The van der Waals surface area contributed by atoms with Crippen molar-refractivity contribution in [2.75, 3.05) is 31.8 Å². The molecule has 4 aromatic rings. The molecule has 5 rings (SSSR count). The molecule has 1 unspecified atom stereocenters. The van der Waals surface area contributed by atoms with Crippen molar-refractivity contribution in [2.45, 2.75) is 20.3 Å². The number of nitrogens with one attached hydrogen (secondary N) is 1. The smallest absolute Gasteiger partial charge is 0.247 e. The van der Waals surface area contributed by atoms with Crippen molar-refractivity contribution in [1.82, 2.24) is 28.5 Å². The summed E-state index contributed by atoms with van der Waals surface area (Å²) in [6.45, 7) is 5.30. The first-order chi connectivity index (χ1) is 16.7.